The third-order valence-electron chi connectivity index (χ3n) is 6.80. The lowest BCUT2D eigenvalue weighted by molar-refractivity contribution is -0.136. The number of benzene rings is 2. The minimum absolute atomic E-state index is 0.00825. The lowest BCUT2D eigenvalue weighted by Gasteiger charge is -2.28. The molecule has 0 radical (unpaired) electrons. The first-order chi connectivity index (χ1) is 18.4. The van der Waals surface area contributed by atoms with Crippen LogP contribution < -0.4 is 21.3 Å². The monoisotopic (exact) mass is 517 g/mol. The molecule has 10 nitrogen and oxygen atoms in total. The molecule has 1 unspecified atom stereocenters. The summed E-state index contributed by atoms with van der Waals surface area (Å²) < 4.78 is 0. The van der Waals surface area contributed by atoms with Gasteiger partial charge in [0.1, 0.15) is 0 Å². The fraction of sp³-hybridized carbons (Fsp3) is 0.393. The van der Waals surface area contributed by atoms with Crippen molar-refractivity contribution >= 4 is 35.4 Å². The van der Waals surface area contributed by atoms with Crippen LogP contribution >= 0.6 is 0 Å². The van der Waals surface area contributed by atoms with Crippen molar-refractivity contribution in [2.75, 3.05) is 34.9 Å². The minimum Gasteiger partial charge on any atom is -0.481 e. The number of hydrogen-bond donors (Lipinski definition) is 5. The molecule has 3 aromatic rings. The molecule has 200 valence electrons. The standard InChI is InChI=1S/C28H35N7O3/c1-18(20-6-4-3-5-7-20)17-30-27-33-26(29-2)34-28(35-27)32-23-14-10-21(11-15-23)25(38)31-22-12-8-19(9-13-22)16-24(36)37/h3-9,12-13,18,21,23H,10-11,14-17H2,1-2H3,(H,31,38)(H,36,37)(H3,29,30,32,33,34,35). The Morgan fingerprint density at radius 2 is 1.58 bits per heavy atom. The van der Waals surface area contributed by atoms with E-state index in [0.717, 1.165) is 25.7 Å². The third-order valence-corrected chi connectivity index (χ3v) is 6.80. The molecular weight excluding hydrogens is 482 g/mol. The molecule has 5 N–H and O–H groups in total. The highest BCUT2D eigenvalue weighted by Crippen LogP contribution is 2.28. The molecular formula is C28H35N7O3. The zero-order valence-electron chi connectivity index (χ0n) is 21.8. The van der Waals surface area contributed by atoms with Crippen molar-refractivity contribution < 1.29 is 14.7 Å². The number of rotatable bonds is 11. The van der Waals surface area contributed by atoms with Gasteiger partial charge in [-0.05, 0) is 54.9 Å². The van der Waals surface area contributed by atoms with Gasteiger partial charge in [0, 0.05) is 31.2 Å². The van der Waals surface area contributed by atoms with Gasteiger partial charge in [-0.15, -0.1) is 0 Å². The number of carboxylic acids is 1. The number of aromatic nitrogens is 3. The topological polar surface area (TPSA) is 141 Å². The van der Waals surface area contributed by atoms with Gasteiger partial charge < -0.3 is 26.4 Å². The zero-order valence-corrected chi connectivity index (χ0v) is 21.8. The maximum absolute atomic E-state index is 12.8. The molecule has 10 heteroatoms. The molecule has 1 atom stereocenters. The van der Waals surface area contributed by atoms with Gasteiger partial charge in [-0.1, -0.05) is 49.4 Å². The summed E-state index contributed by atoms with van der Waals surface area (Å²) in [6, 6.07) is 17.4. The second-order valence-corrected chi connectivity index (χ2v) is 9.70. The van der Waals surface area contributed by atoms with E-state index in [2.05, 4.69) is 55.3 Å². The summed E-state index contributed by atoms with van der Waals surface area (Å²) in [5, 5.41) is 21.6. The van der Waals surface area contributed by atoms with Crippen molar-refractivity contribution in [3.8, 4) is 0 Å². The number of carbonyl (C=O) groups is 2. The van der Waals surface area contributed by atoms with E-state index in [1.54, 1.807) is 31.3 Å². The Morgan fingerprint density at radius 3 is 2.24 bits per heavy atom. The van der Waals surface area contributed by atoms with Crippen LogP contribution in [0.3, 0.4) is 0 Å². The Balaban J connectivity index is 1.28. The maximum atomic E-state index is 12.8. The Hall–Kier alpha value is -4.21. The van der Waals surface area contributed by atoms with Gasteiger partial charge in [0.2, 0.25) is 23.8 Å². The van der Waals surface area contributed by atoms with Crippen LogP contribution in [-0.2, 0) is 16.0 Å². The third kappa shape index (κ3) is 7.64. The van der Waals surface area contributed by atoms with E-state index < -0.39 is 5.97 Å². The summed E-state index contributed by atoms with van der Waals surface area (Å²) in [7, 11) is 1.78. The molecule has 1 fully saturated rings. The van der Waals surface area contributed by atoms with Gasteiger partial charge in [-0.3, -0.25) is 9.59 Å². The summed E-state index contributed by atoms with van der Waals surface area (Å²) in [5.41, 5.74) is 2.62. The number of carboxylic acid groups (broad SMARTS) is 1. The fourth-order valence-electron chi connectivity index (χ4n) is 4.58. The Kier molecular flexibility index (Phi) is 9.07. The summed E-state index contributed by atoms with van der Waals surface area (Å²) in [6.45, 7) is 2.85. The predicted molar refractivity (Wildman–Crippen MR) is 149 cm³/mol. The number of hydrogen-bond acceptors (Lipinski definition) is 8. The van der Waals surface area contributed by atoms with E-state index in [1.165, 1.54) is 5.56 Å². The number of amides is 1. The summed E-state index contributed by atoms with van der Waals surface area (Å²) >= 11 is 0. The number of nitrogens with one attached hydrogen (secondary N) is 4. The van der Waals surface area contributed by atoms with Gasteiger partial charge in [0.15, 0.2) is 0 Å². The molecule has 1 amide bonds. The summed E-state index contributed by atoms with van der Waals surface area (Å²) in [6.07, 6.45) is 3.12. The van der Waals surface area contributed by atoms with E-state index in [4.69, 9.17) is 5.11 Å². The number of aliphatic carboxylic acids is 1. The molecule has 1 aromatic heterocycles. The highest BCUT2D eigenvalue weighted by molar-refractivity contribution is 5.92. The van der Waals surface area contributed by atoms with Crippen LogP contribution in [0.2, 0.25) is 0 Å². The molecule has 0 aliphatic heterocycles. The maximum Gasteiger partial charge on any atom is 0.307 e. The number of carbonyl (C=O) groups excluding carboxylic acids is 1. The smallest absolute Gasteiger partial charge is 0.307 e. The number of nitrogens with zero attached hydrogens (tertiary/aromatic N) is 3. The Labute approximate surface area is 222 Å². The van der Waals surface area contributed by atoms with E-state index in [1.807, 2.05) is 18.2 Å². The normalized spacial score (nSPS) is 17.7. The van der Waals surface area contributed by atoms with E-state index >= 15 is 0 Å². The van der Waals surface area contributed by atoms with Crippen molar-refractivity contribution in [3.63, 3.8) is 0 Å². The van der Waals surface area contributed by atoms with E-state index in [0.29, 0.717) is 41.6 Å². The second kappa shape index (κ2) is 12.8. The van der Waals surface area contributed by atoms with Crippen LogP contribution in [0.25, 0.3) is 0 Å². The molecule has 2 aromatic carbocycles. The van der Waals surface area contributed by atoms with Gasteiger partial charge >= 0.3 is 5.97 Å². The van der Waals surface area contributed by atoms with Gasteiger partial charge in [-0.2, -0.15) is 15.0 Å². The molecule has 1 aliphatic rings. The largest absolute Gasteiger partial charge is 0.481 e. The molecule has 1 aliphatic carbocycles. The average Bonchev–Trinajstić information content (AvgIpc) is 2.93. The quantitative estimate of drug-likeness (QED) is 0.251. The first-order valence-corrected chi connectivity index (χ1v) is 13.0. The molecule has 1 heterocycles. The van der Waals surface area contributed by atoms with Crippen molar-refractivity contribution in [3.05, 3.63) is 65.7 Å². The van der Waals surface area contributed by atoms with Crippen LogP contribution in [0.5, 0.6) is 0 Å². The van der Waals surface area contributed by atoms with Crippen LogP contribution in [-0.4, -0.2) is 51.6 Å². The fourth-order valence-corrected chi connectivity index (χ4v) is 4.58. The van der Waals surface area contributed by atoms with Gasteiger partial charge in [-0.25, -0.2) is 0 Å². The van der Waals surface area contributed by atoms with Crippen molar-refractivity contribution in [1.29, 1.82) is 0 Å². The molecule has 38 heavy (non-hydrogen) atoms. The zero-order chi connectivity index (χ0) is 26.9. The van der Waals surface area contributed by atoms with E-state index in [9.17, 15) is 9.59 Å². The van der Waals surface area contributed by atoms with Crippen LogP contribution in [0.15, 0.2) is 54.6 Å². The summed E-state index contributed by atoms with van der Waals surface area (Å²) in [5.74, 6) is 0.842. The molecule has 0 spiro atoms. The Bertz CT molecular complexity index is 1210. The van der Waals surface area contributed by atoms with Crippen molar-refractivity contribution in [2.45, 2.75) is 51.0 Å². The van der Waals surface area contributed by atoms with Gasteiger partial charge in [0.25, 0.3) is 0 Å². The lowest BCUT2D eigenvalue weighted by atomic mass is 9.85. The molecule has 4 rings (SSSR count). The SMILES string of the molecule is CNc1nc(NCC(C)c2ccccc2)nc(NC2CCC(C(=O)Nc3ccc(CC(=O)O)cc3)CC2)n1. The molecule has 0 bridgehead atoms. The number of anilines is 4. The summed E-state index contributed by atoms with van der Waals surface area (Å²) in [4.78, 5) is 37.1. The van der Waals surface area contributed by atoms with Crippen LogP contribution in [0, 0.1) is 5.92 Å². The van der Waals surface area contributed by atoms with Crippen LogP contribution in [0.4, 0.5) is 23.5 Å². The first kappa shape index (κ1) is 26.8. The van der Waals surface area contributed by atoms with Gasteiger partial charge in [0.05, 0.1) is 6.42 Å². The highest BCUT2D eigenvalue weighted by Gasteiger charge is 2.27. The highest BCUT2D eigenvalue weighted by atomic mass is 16.4. The second-order valence-electron chi connectivity index (χ2n) is 9.70. The Morgan fingerprint density at radius 1 is 0.921 bits per heavy atom. The minimum atomic E-state index is -0.878. The molecule has 1 saturated carbocycles. The van der Waals surface area contributed by atoms with Crippen LogP contribution in [0.1, 0.15) is 49.7 Å². The van der Waals surface area contributed by atoms with Crippen molar-refractivity contribution in [1.82, 2.24) is 15.0 Å². The first-order valence-electron chi connectivity index (χ1n) is 13.0. The average molecular weight is 518 g/mol. The lowest BCUT2D eigenvalue weighted by Crippen LogP contribution is -2.32. The van der Waals surface area contributed by atoms with E-state index in [-0.39, 0.29) is 24.3 Å². The molecule has 0 saturated heterocycles. The van der Waals surface area contributed by atoms with Crippen molar-refractivity contribution in [2.24, 2.45) is 5.92 Å². The predicted octanol–water partition coefficient (Wildman–Crippen LogP) is 4.37.